The molecule has 7 heteroatoms. The first kappa shape index (κ1) is 19.3. The number of nitrogens with zero attached hydrogens (tertiary/aromatic N) is 2. The molecule has 0 bridgehead atoms. The Balaban J connectivity index is 2.34. The highest BCUT2D eigenvalue weighted by Crippen LogP contribution is 2.11. The largest absolute Gasteiger partial charge is 0.357 e. The van der Waals surface area contributed by atoms with E-state index in [0.29, 0.717) is 19.0 Å². The Kier molecular flexibility index (Phi) is 7.85. The molecule has 1 heterocycles. The third-order valence-corrected chi connectivity index (χ3v) is 3.56. The molecule has 7 nitrogen and oxygen atoms in total. The van der Waals surface area contributed by atoms with Gasteiger partial charge in [-0.1, -0.05) is 20.8 Å². The third kappa shape index (κ3) is 7.34. The molecule has 1 saturated heterocycles. The third-order valence-electron chi connectivity index (χ3n) is 3.56. The lowest BCUT2D eigenvalue weighted by Gasteiger charge is -2.18. The van der Waals surface area contributed by atoms with Crippen LogP contribution < -0.4 is 16.0 Å². The number of amides is 2. The van der Waals surface area contributed by atoms with Crippen LogP contribution in [0.3, 0.4) is 0 Å². The molecule has 0 aromatic rings. The smallest absolute Gasteiger partial charge is 0.244 e. The van der Waals surface area contributed by atoms with E-state index in [1.54, 1.807) is 0 Å². The van der Waals surface area contributed by atoms with Gasteiger partial charge in [0.25, 0.3) is 0 Å². The molecule has 0 atom stereocenters. The van der Waals surface area contributed by atoms with Crippen LogP contribution in [0.15, 0.2) is 4.99 Å². The number of hydrogen-bond acceptors (Lipinski definition) is 3. The maximum absolute atomic E-state index is 12.0. The number of aliphatic imine (C=N–C) groups is 1. The summed E-state index contributed by atoms with van der Waals surface area (Å²) >= 11 is 0. The van der Waals surface area contributed by atoms with E-state index in [1.807, 2.05) is 32.6 Å². The SMILES string of the molecule is CCNC(=NCC(=O)N1CCCC1)NCCNC(=O)C(C)(C)C. The second-order valence-electron chi connectivity index (χ2n) is 6.72. The Bertz CT molecular complexity index is 423. The van der Waals surface area contributed by atoms with Gasteiger partial charge >= 0.3 is 0 Å². The quantitative estimate of drug-likeness (QED) is 0.373. The van der Waals surface area contributed by atoms with E-state index < -0.39 is 0 Å². The Morgan fingerprint density at radius 2 is 1.65 bits per heavy atom. The summed E-state index contributed by atoms with van der Waals surface area (Å²) in [7, 11) is 0. The standard InChI is InChI=1S/C16H31N5O2/c1-5-17-15(19-9-8-18-14(23)16(2,3)4)20-12-13(22)21-10-6-7-11-21/h5-12H2,1-4H3,(H,18,23)(H2,17,19,20). The first-order chi connectivity index (χ1) is 10.8. The van der Waals surface area contributed by atoms with E-state index in [1.165, 1.54) is 0 Å². The minimum Gasteiger partial charge on any atom is -0.357 e. The summed E-state index contributed by atoms with van der Waals surface area (Å²) in [6.07, 6.45) is 2.17. The number of nitrogens with one attached hydrogen (secondary N) is 3. The van der Waals surface area contributed by atoms with Crippen LogP contribution in [0.2, 0.25) is 0 Å². The Hall–Kier alpha value is -1.79. The summed E-state index contributed by atoms with van der Waals surface area (Å²) in [5, 5.41) is 9.10. The Labute approximate surface area is 139 Å². The minimum atomic E-state index is -0.388. The number of carbonyl (C=O) groups excluding carboxylic acids is 2. The van der Waals surface area contributed by atoms with Crippen LogP contribution in [0, 0.1) is 5.41 Å². The summed E-state index contributed by atoms with van der Waals surface area (Å²) in [5.41, 5.74) is -0.388. The summed E-state index contributed by atoms with van der Waals surface area (Å²) in [6.45, 7) is 11.3. The van der Waals surface area contributed by atoms with Crippen LogP contribution in [-0.4, -0.2) is 61.9 Å². The van der Waals surface area contributed by atoms with E-state index in [0.717, 1.165) is 32.5 Å². The van der Waals surface area contributed by atoms with Crippen LogP contribution >= 0.6 is 0 Å². The van der Waals surface area contributed by atoms with Crippen molar-refractivity contribution in [1.29, 1.82) is 0 Å². The van der Waals surface area contributed by atoms with Crippen molar-refractivity contribution in [3.63, 3.8) is 0 Å². The number of rotatable bonds is 6. The van der Waals surface area contributed by atoms with Crippen LogP contribution in [0.25, 0.3) is 0 Å². The summed E-state index contributed by atoms with van der Waals surface area (Å²) in [6, 6.07) is 0. The van der Waals surface area contributed by atoms with E-state index in [4.69, 9.17) is 0 Å². The second-order valence-corrected chi connectivity index (χ2v) is 6.72. The molecule has 0 unspecified atom stereocenters. The molecule has 1 rings (SSSR count). The van der Waals surface area contributed by atoms with Gasteiger partial charge in [0, 0.05) is 38.1 Å². The van der Waals surface area contributed by atoms with Gasteiger partial charge in [-0.25, -0.2) is 4.99 Å². The van der Waals surface area contributed by atoms with Crippen molar-refractivity contribution < 1.29 is 9.59 Å². The van der Waals surface area contributed by atoms with Gasteiger partial charge in [-0.3, -0.25) is 9.59 Å². The highest BCUT2D eigenvalue weighted by Gasteiger charge is 2.20. The highest BCUT2D eigenvalue weighted by atomic mass is 16.2. The zero-order valence-corrected chi connectivity index (χ0v) is 14.9. The van der Waals surface area contributed by atoms with Gasteiger partial charge in [0.2, 0.25) is 11.8 Å². The Morgan fingerprint density at radius 1 is 1.04 bits per heavy atom. The molecule has 132 valence electrons. The average molecular weight is 325 g/mol. The minimum absolute atomic E-state index is 0.0189. The summed E-state index contributed by atoms with van der Waals surface area (Å²) in [4.78, 5) is 29.9. The lowest BCUT2D eigenvalue weighted by molar-refractivity contribution is -0.129. The van der Waals surface area contributed by atoms with Crippen LogP contribution in [-0.2, 0) is 9.59 Å². The van der Waals surface area contributed by atoms with E-state index in [9.17, 15) is 9.59 Å². The number of carbonyl (C=O) groups is 2. The van der Waals surface area contributed by atoms with Gasteiger partial charge in [-0.15, -0.1) is 0 Å². The molecule has 3 N–H and O–H groups in total. The fraction of sp³-hybridized carbons (Fsp3) is 0.812. The highest BCUT2D eigenvalue weighted by molar-refractivity contribution is 5.85. The maximum atomic E-state index is 12.0. The average Bonchev–Trinajstić information content (AvgIpc) is 3.01. The van der Waals surface area contributed by atoms with Crippen LogP contribution in [0.1, 0.15) is 40.5 Å². The van der Waals surface area contributed by atoms with Crippen LogP contribution in [0.4, 0.5) is 0 Å². The van der Waals surface area contributed by atoms with Crippen molar-refractivity contribution in [1.82, 2.24) is 20.9 Å². The van der Waals surface area contributed by atoms with Gasteiger partial charge in [-0.2, -0.15) is 0 Å². The van der Waals surface area contributed by atoms with Crippen molar-refractivity contribution in [2.75, 3.05) is 39.3 Å². The predicted molar refractivity (Wildman–Crippen MR) is 92.3 cm³/mol. The summed E-state index contributed by atoms with van der Waals surface area (Å²) in [5.74, 6) is 0.691. The zero-order chi connectivity index (χ0) is 17.3. The molecule has 23 heavy (non-hydrogen) atoms. The van der Waals surface area contributed by atoms with Crippen molar-refractivity contribution in [2.45, 2.75) is 40.5 Å². The lowest BCUT2D eigenvalue weighted by Crippen LogP contribution is -2.44. The monoisotopic (exact) mass is 325 g/mol. The first-order valence-electron chi connectivity index (χ1n) is 8.43. The molecule has 0 spiro atoms. The van der Waals surface area contributed by atoms with Gasteiger partial charge in [0.1, 0.15) is 6.54 Å². The van der Waals surface area contributed by atoms with Gasteiger partial charge in [0.15, 0.2) is 5.96 Å². The molecule has 1 aliphatic heterocycles. The van der Waals surface area contributed by atoms with Gasteiger partial charge in [-0.05, 0) is 19.8 Å². The van der Waals surface area contributed by atoms with E-state index in [2.05, 4.69) is 20.9 Å². The fourth-order valence-electron chi connectivity index (χ4n) is 2.18. The molecular weight excluding hydrogens is 294 g/mol. The Morgan fingerprint density at radius 3 is 2.22 bits per heavy atom. The number of guanidine groups is 1. The molecule has 1 fully saturated rings. The summed E-state index contributed by atoms with van der Waals surface area (Å²) < 4.78 is 0. The molecule has 2 amide bonds. The predicted octanol–water partition coefficient (Wildman–Crippen LogP) is 0.326. The maximum Gasteiger partial charge on any atom is 0.244 e. The lowest BCUT2D eigenvalue weighted by atomic mass is 9.96. The molecule has 0 aromatic heterocycles. The number of hydrogen-bond donors (Lipinski definition) is 3. The topological polar surface area (TPSA) is 85.8 Å². The van der Waals surface area contributed by atoms with E-state index >= 15 is 0 Å². The van der Waals surface area contributed by atoms with Crippen molar-refractivity contribution in [2.24, 2.45) is 10.4 Å². The molecule has 0 radical (unpaired) electrons. The number of likely N-dealkylation sites (tertiary alicyclic amines) is 1. The normalized spacial score (nSPS) is 15.5. The fourth-order valence-corrected chi connectivity index (χ4v) is 2.18. The van der Waals surface area contributed by atoms with Gasteiger partial charge in [0.05, 0.1) is 0 Å². The van der Waals surface area contributed by atoms with Gasteiger partial charge < -0.3 is 20.9 Å². The molecular formula is C16H31N5O2. The van der Waals surface area contributed by atoms with E-state index in [-0.39, 0.29) is 23.8 Å². The second kappa shape index (κ2) is 9.37. The molecule has 1 aliphatic rings. The van der Waals surface area contributed by atoms with Crippen molar-refractivity contribution in [3.8, 4) is 0 Å². The molecule has 0 aromatic carbocycles. The molecule has 0 saturated carbocycles. The zero-order valence-electron chi connectivity index (χ0n) is 14.9. The van der Waals surface area contributed by atoms with Crippen molar-refractivity contribution in [3.05, 3.63) is 0 Å². The van der Waals surface area contributed by atoms with Crippen molar-refractivity contribution >= 4 is 17.8 Å². The van der Waals surface area contributed by atoms with Crippen LogP contribution in [0.5, 0.6) is 0 Å². The molecule has 0 aliphatic carbocycles. The first-order valence-corrected chi connectivity index (χ1v) is 8.43.